The van der Waals surface area contributed by atoms with Crippen molar-refractivity contribution in [1.29, 1.82) is 0 Å². The van der Waals surface area contributed by atoms with E-state index in [0.717, 1.165) is 22.5 Å². The second-order valence-electron chi connectivity index (χ2n) is 3.72. The van der Waals surface area contributed by atoms with Crippen molar-refractivity contribution in [2.75, 3.05) is 5.73 Å². The third-order valence-electron chi connectivity index (χ3n) is 2.20. The summed E-state index contributed by atoms with van der Waals surface area (Å²) in [6, 6.07) is 7.59. The number of hydrogen-bond acceptors (Lipinski definition) is 6. The summed E-state index contributed by atoms with van der Waals surface area (Å²) in [4.78, 5) is 0. The molecule has 0 aliphatic carbocycles. The number of nitrogens with zero attached hydrogens (tertiary/aromatic N) is 2. The zero-order valence-corrected chi connectivity index (χ0v) is 11.3. The van der Waals surface area contributed by atoms with Crippen LogP contribution in [0.3, 0.4) is 0 Å². The van der Waals surface area contributed by atoms with Gasteiger partial charge in [0.2, 0.25) is 9.47 Å². The molecule has 96 valence electrons. The average Bonchev–Trinajstić information content (AvgIpc) is 2.74. The molecule has 0 amide bonds. The van der Waals surface area contributed by atoms with Crippen molar-refractivity contribution in [3.63, 3.8) is 0 Å². The quantitative estimate of drug-likeness (QED) is 0.869. The first kappa shape index (κ1) is 12.9. The lowest BCUT2D eigenvalue weighted by Gasteiger charge is -2.04. The molecule has 6 nitrogen and oxygen atoms in total. The van der Waals surface area contributed by atoms with Gasteiger partial charge in [-0.15, -0.1) is 10.2 Å². The highest BCUT2D eigenvalue weighted by Crippen LogP contribution is 2.16. The largest absolute Gasteiger partial charge is 0.374 e. The minimum atomic E-state index is -3.64. The highest BCUT2D eigenvalue weighted by atomic mass is 32.2. The van der Waals surface area contributed by atoms with Gasteiger partial charge >= 0.3 is 0 Å². The fourth-order valence-corrected chi connectivity index (χ4v) is 3.23. The van der Waals surface area contributed by atoms with E-state index in [2.05, 4.69) is 14.9 Å². The molecule has 0 fully saturated rings. The van der Waals surface area contributed by atoms with Crippen LogP contribution in [-0.2, 0) is 16.6 Å². The van der Waals surface area contributed by atoms with Crippen LogP contribution in [0.5, 0.6) is 0 Å². The second kappa shape index (κ2) is 5.01. The van der Waals surface area contributed by atoms with E-state index in [9.17, 15) is 8.42 Å². The van der Waals surface area contributed by atoms with Gasteiger partial charge in [0, 0.05) is 6.54 Å². The zero-order chi connectivity index (χ0) is 13.2. The maximum Gasteiger partial charge on any atom is 0.270 e. The molecular formula is C10H12N4O2S2. The van der Waals surface area contributed by atoms with Gasteiger partial charge in [0.25, 0.3) is 10.0 Å². The molecule has 0 bridgehead atoms. The number of sulfonamides is 1. The lowest BCUT2D eigenvalue weighted by molar-refractivity contribution is 0.579. The molecule has 3 N–H and O–H groups in total. The van der Waals surface area contributed by atoms with Crippen molar-refractivity contribution in [2.24, 2.45) is 0 Å². The smallest absolute Gasteiger partial charge is 0.270 e. The van der Waals surface area contributed by atoms with Gasteiger partial charge < -0.3 is 5.73 Å². The van der Waals surface area contributed by atoms with Crippen LogP contribution in [0.4, 0.5) is 5.13 Å². The van der Waals surface area contributed by atoms with Crippen LogP contribution in [0.2, 0.25) is 0 Å². The fourth-order valence-electron chi connectivity index (χ4n) is 1.39. The summed E-state index contributed by atoms with van der Waals surface area (Å²) in [7, 11) is -3.64. The SMILES string of the molecule is Cc1cccc(CNS(=O)(=O)c2nnc(N)s2)c1. The minimum Gasteiger partial charge on any atom is -0.374 e. The predicted molar refractivity (Wildman–Crippen MR) is 69.5 cm³/mol. The van der Waals surface area contributed by atoms with Crippen molar-refractivity contribution in [3.05, 3.63) is 35.4 Å². The number of hydrogen-bond donors (Lipinski definition) is 2. The molecule has 0 saturated carbocycles. The molecule has 1 aromatic heterocycles. The van der Waals surface area contributed by atoms with Gasteiger partial charge in [-0.05, 0) is 12.5 Å². The first-order valence-corrected chi connectivity index (χ1v) is 7.41. The van der Waals surface area contributed by atoms with Gasteiger partial charge in [-0.3, -0.25) is 0 Å². The molecule has 1 heterocycles. The van der Waals surface area contributed by atoms with Crippen molar-refractivity contribution >= 4 is 26.5 Å². The Hall–Kier alpha value is -1.51. The Morgan fingerprint density at radius 3 is 2.78 bits per heavy atom. The summed E-state index contributed by atoms with van der Waals surface area (Å²) in [6.45, 7) is 2.16. The van der Waals surface area contributed by atoms with Crippen molar-refractivity contribution in [2.45, 2.75) is 17.8 Å². The number of benzene rings is 1. The van der Waals surface area contributed by atoms with Crippen molar-refractivity contribution in [3.8, 4) is 0 Å². The number of anilines is 1. The summed E-state index contributed by atoms with van der Waals surface area (Å²) in [5, 5.41) is 7.12. The Kier molecular flexibility index (Phi) is 3.60. The molecule has 8 heteroatoms. The van der Waals surface area contributed by atoms with E-state index >= 15 is 0 Å². The number of nitrogens with two attached hydrogens (primary N) is 1. The Balaban J connectivity index is 2.10. The molecule has 0 aliphatic rings. The van der Waals surface area contributed by atoms with Gasteiger partial charge in [-0.2, -0.15) is 0 Å². The highest BCUT2D eigenvalue weighted by Gasteiger charge is 2.18. The molecule has 0 saturated heterocycles. The summed E-state index contributed by atoms with van der Waals surface area (Å²) in [5.74, 6) is 0. The topological polar surface area (TPSA) is 98.0 Å². The van der Waals surface area contributed by atoms with Crippen LogP contribution >= 0.6 is 11.3 Å². The number of nitrogen functional groups attached to an aromatic ring is 1. The highest BCUT2D eigenvalue weighted by molar-refractivity contribution is 7.91. The van der Waals surface area contributed by atoms with E-state index in [0.29, 0.717) is 0 Å². The molecule has 18 heavy (non-hydrogen) atoms. The van der Waals surface area contributed by atoms with Crippen LogP contribution in [0, 0.1) is 6.92 Å². The van der Waals surface area contributed by atoms with Gasteiger partial charge in [-0.1, -0.05) is 41.2 Å². The summed E-state index contributed by atoms with van der Waals surface area (Å²) in [5.41, 5.74) is 7.32. The average molecular weight is 284 g/mol. The van der Waals surface area contributed by atoms with E-state index in [1.54, 1.807) is 0 Å². The summed E-state index contributed by atoms with van der Waals surface area (Å²) < 4.78 is 26.0. The lowest BCUT2D eigenvalue weighted by atomic mass is 10.1. The Morgan fingerprint density at radius 1 is 1.39 bits per heavy atom. The molecule has 0 radical (unpaired) electrons. The molecule has 1 aromatic carbocycles. The van der Waals surface area contributed by atoms with E-state index < -0.39 is 10.0 Å². The molecule has 0 spiro atoms. The standard InChI is InChI=1S/C10H12N4O2S2/c1-7-3-2-4-8(5-7)6-12-18(15,16)10-14-13-9(11)17-10/h2-5,12H,6H2,1H3,(H2,11,13). The van der Waals surface area contributed by atoms with Gasteiger partial charge in [0.1, 0.15) is 0 Å². The Labute approximate surface area is 109 Å². The van der Waals surface area contributed by atoms with Gasteiger partial charge in [-0.25, -0.2) is 13.1 Å². The monoisotopic (exact) mass is 284 g/mol. The van der Waals surface area contributed by atoms with E-state index in [1.807, 2.05) is 31.2 Å². The Bertz CT molecular complexity index is 651. The maximum absolute atomic E-state index is 11.8. The van der Waals surface area contributed by atoms with Gasteiger partial charge in [0.05, 0.1) is 0 Å². The van der Waals surface area contributed by atoms with E-state index in [4.69, 9.17) is 5.73 Å². The van der Waals surface area contributed by atoms with Crippen molar-refractivity contribution in [1.82, 2.24) is 14.9 Å². The van der Waals surface area contributed by atoms with Crippen LogP contribution in [0.25, 0.3) is 0 Å². The third-order valence-corrected chi connectivity index (χ3v) is 4.72. The maximum atomic E-state index is 11.8. The third kappa shape index (κ3) is 3.03. The van der Waals surface area contributed by atoms with Crippen LogP contribution in [0.1, 0.15) is 11.1 Å². The molecule has 0 atom stereocenters. The normalized spacial score (nSPS) is 11.6. The molecule has 0 aliphatic heterocycles. The van der Waals surface area contributed by atoms with E-state index in [-0.39, 0.29) is 16.0 Å². The second-order valence-corrected chi connectivity index (χ2v) is 6.67. The van der Waals surface area contributed by atoms with Crippen LogP contribution in [0.15, 0.2) is 28.6 Å². The molecule has 0 unspecified atom stereocenters. The zero-order valence-electron chi connectivity index (χ0n) is 9.62. The number of rotatable bonds is 4. The summed E-state index contributed by atoms with van der Waals surface area (Å²) >= 11 is 0.838. The molecule has 2 rings (SSSR count). The van der Waals surface area contributed by atoms with Crippen LogP contribution in [-0.4, -0.2) is 18.6 Å². The van der Waals surface area contributed by atoms with Crippen molar-refractivity contribution < 1.29 is 8.42 Å². The summed E-state index contributed by atoms with van der Waals surface area (Å²) in [6.07, 6.45) is 0. The minimum absolute atomic E-state index is 0.118. The van der Waals surface area contributed by atoms with Gasteiger partial charge in [0.15, 0.2) is 0 Å². The number of aryl methyl sites for hydroxylation is 1. The molecular weight excluding hydrogens is 272 g/mol. The lowest BCUT2D eigenvalue weighted by Crippen LogP contribution is -2.23. The number of aromatic nitrogens is 2. The molecule has 2 aromatic rings. The first-order chi connectivity index (χ1) is 8.47. The Morgan fingerprint density at radius 2 is 2.17 bits per heavy atom. The predicted octanol–water partition coefficient (Wildman–Crippen LogP) is 0.907. The number of nitrogens with one attached hydrogen (secondary N) is 1. The van der Waals surface area contributed by atoms with E-state index in [1.165, 1.54) is 0 Å². The van der Waals surface area contributed by atoms with Crippen LogP contribution < -0.4 is 10.5 Å². The fraction of sp³-hybridized carbons (Fsp3) is 0.200. The first-order valence-electron chi connectivity index (χ1n) is 5.11.